The molecule has 7 aromatic carbocycles. The van der Waals surface area contributed by atoms with Crippen molar-refractivity contribution < 1.29 is 0 Å². The van der Waals surface area contributed by atoms with Crippen molar-refractivity contribution in [2.24, 2.45) is 0 Å². The Morgan fingerprint density at radius 3 is 1.65 bits per heavy atom. The molecular formula is C59H40N6. The Morgan fingerprint density at radius 1 is 0.477 bits per heavy atom. The first-order valence-electron chi connectivity index (χ1n) is 22.0. The third kappa shape index (κ3) is 7.44. The van der Waals surface area contributed by atoms with Gasteiger partial charge in [-0.25, -0.2) is 15.0 Å². The van der Waals surface area contributed by atoms with Crippen LogP contribution >= 0.6 is 0 Å². The number of benzene rings is 7. The fourth-order valence-corrected chi connectivity index (χ4v) is 9.22. The lowest BCUT2D eigenvalue weighted by Crippen LogP contribution is -2.07. The highest BCUT2D eigenvalue weighted by molar-refractivity contribution is 6.11. The van der Waals surface area contributed by atoms with Crippen LogP contribution in [-0.4, -0.2) is 19.5 Å². The molecule has 9 aromatic rings. The van der Waals surface area contributed by atoms with Gasteiger partial charge in [0.15, 0.2) is 17.5 Å². The van der Waals surface area contributed by atoms with Crippen LogP contribution in [0.15, 0.2) is 200 Å². The van der Waals surface area contributed by atoms with Crippen molar-refractivity contribution >= 4 is 33.0 Å². The molecule has 0 saturated heterocycles. The minimum atomic E-state index is 0.231. The van der Waals surface area contributed by atoms with Gasteiger partial charge in [0.25, 0.3) is 0 Å². The summed E-state index contributed by atoms with van der Waals surface area (Å²) in [6, 6.07) is 60.8. The summed E-state index contributed by atoms with van der Waals surface area (Å²) in [5.74, 6) is 2.05. The molecule has 0 radical (unpaired) electrons. The first-order valence-corrected chi connectivity index (χ1v) is 22.0. The van der Waals surface area contributed by atoms with Gasteiger partial charge in [-0.2, -0.15) is 10.5 Å². The molecule has 2 aliphatic carbocycles. The Kier molecular flexibility index (Phi) is 10.2. The molecule has 65 heavy (non-hydrogen) atoms. The van der Waals surface area contributed by atoms with Crippen LogP contribution in [0.4, 0.5) is 0 Å². The van der Waals surface area contributed by atoms with E-state index in [0.717, 1.165) is 96.8 Å². The monoisotopic (exact) mass is 832 g/mol. The van der Waals surface area contributed by atoms with Crippen molar-refractivity contribution in [3.63, 3.8) is 0 Å². The van der Waals surface area contributed by atoms with E-state index in [-0.39, 0.29) is 5.92 Å². The summed E-state index contributed by atoms with van der Waals surface area (Å²) in [4.78, 5) is 15.6. The third-order valence-corrected chi connectivity index (χ3v) is 12.5. The summed E-state index contributed by atoms with van der Waals surface area (Å²) < 4.78 is 2.32. The van der Waals surface area contributed by atoms with Gasteiger partial charge in [0.1, 0.15) is 0 Å². The Bertz CT molecular complexity index is 3440. The number of nitriles is 2. The van der Waals surface area contributed by atoms with Gasteiger partial charge in [0, 0.05) is 44.5 Å². The van der Waals surface area contributed by atoms with Gasteiger partial charge >= 0.3 is 0 Å². The predicted molar refractivity (Wildman–Crippen MR) is 263 cm³/mol. The molecule has 0 saturated carbocycles. The van der Waals surface area contributed by atoms with Crippen molar-refractivity contribution in [1.82, 2.24) is 19.5 Å². The zero-order valence-corrected chi connectivity index (χ0v) is 35.4. The molecule has 0 aliphatic heterocycles. The summed E-state index contributed by atoms with van der Waals surface area (Å²) >= 11 is 0. The van der Waals surface area contributed by atoms with Crippen LogP contribution in [0, 0.1) is 22.7 Å². The molecule has 0 amide bonds. The van der Waals surface area contributed by atoms with Crippen molar-refractivity contribution in [3.05, 3.63) is 228 Å². The van der Waals surface area contributed by atoms with Crippen LogP contribution in [-0.2, 0) is 0 Å². The van der Waals surface area contributed by atoms with E-state index in [9.17, 15) is 10.5 Å². The molecular weight excluding hydrogens is 793 g/mol. The highest BCUT2D eigenvalue weighted by Gasteiger charge is 2.25. The molecule has 11 rings (SSSR count). The van der Waals surface area contributed by atoms with Gasteiger partial charge < -0.3 is 4.57 Å². The van der Waals surface area contributed by atoms with Crippen LogP contribution in [0.3, 0.4) is 0 Å². The number of allylic oxidation sites excluding steroid dienone is 8. The predicted octanol–water partition coefficient (Wildman–Crippen LogP) is 14.2. The minimum absolute atomic E-state index is 0.231. The summed E-state index contributed by atoms with van der Waals surface area (Å²) in [5, 5.41) is 22.0. The van der Waals surface area contributed by atoms with Crippen molar-refractivity contribution in [1.29, 1.82) is 10.5 Å². The Balaban J connectivity index is 1.22. The third-order valence-electron chi connectivity index (χ3n) is 12.5. The zero-order valence-electron chi connectivity index (χ0n) is 35.4. The highest BCUT2D eigenvalue weighted by Crippen LogP contribution is 2.44. The normalized spacial score (nSPS) is 14.5. The second-order valence-electron chi connectivity index (χ2n) is 16.5. The van der Waals surface area contributed by atoms with Gasteiger partial charge in [-0.1, -0.05) is 152 Å². The van der Waals surface area contributed by atoms with Crippen LogP contribution in [0.2, 0.25) is 0 Å². The largest absolute Gasteiger partial charge is 0.308 e. The number of fused-ring (bicyclic) bond motifs is 3. The number of hydrogen-bond donors (Lipinski definition) is 0. The number of rotatable bonds is 8. The van der Waals surface area contributed by atoms with Gasteiger partial charge in [-0.3, -0.25) is 0 Å². The molecule has 0 N–H and O–H groups in total. The topological polar surface area (TPSA) is 91.2 Å². The summed E-state index contributed by atoms with van der Waals surface area (Å²) in [7, 11) is 0. The van der Waals surface area contributed by atoms with Gasteiger partial charge in [0.05, 0.1) is 40.0 Å². The fraction of sp³-hybridized carbons (Fsp3) is 0.0678. The van der Waals surface area contributed by atoms with E-state index in [1.807, 2.05) is 72.8 Å². The molecule has 0 unspecified atom stereocenters. The fourth-order valence-electron chi connectivity index (χ4n) is 9.22. The minimum Gasteiger partial charge on any atom is -0.308 e. The molecule has 2 heterocycles. The van der Waals surface area contributed by atoms with E-state index in [4.69, 9.17) is 15.0 Å². The number of hydrogen-bond acceptors (Lipinski definition) is 5. The molecule has 6 nitrogen and oxygen atoms in total. The van der Waals surface area contributed by atoms with Gasteiger partial charge in [-0.15, -0.1) is 0 Å². The van der Waals surface area contributed by atoms with E-state index >= 15 is 0 Å². The number of nitrogens with zero attached hydrogens (tertiary/aromatic N) is 6. The molecule has 0 fully saturated rings. The standard InChI is InChI=1S/C59H40N6/c60-37-39-21-31-54-52(33-39)53-34-40(38-61)22-32-55(53)65(54)56-50(45-27-23-43(24-28-45)41-13-5-1-6-14-41)35-49(36-51(56)46-29-25-44(26-30-46)42-15-7-2-8-16-42)59-63-57(47-17-9-3-10-18-47)62-58(64-59)48-19-11-4-12-20-48/h1-3,5-11,13-25,27-36,44H,4,12,26H2/t44-/m0/s1. The lowest BCUT2D eigenvalue weighted by atomic mass is 9.85. The van der Waals surface area contributed by atoms with Crippen molar-refractivity contribution in [3.8, 4) is 62.9 Å². The first kappa shape index (κ1) is 39.2. The highest BCUT2D eigenvalue weighted by atomic mass is 15.0. The van der Waals surface area contributed by atoms with Crippen molar-refractivity contribution in [2.75, 3.05) is 0 Å². The van der Waals surface area contributed by atoms with Crippen LogP contribution in [0.5, 0.6) is 0 Å². The van der Waals surface area contributed by atoms with Crippen molar-refractivity contribution in [2.45, 2.75) is 25.2 Å². The molecule has 0 spiro atoms. The molecule has 2 aliphatic rings. The Labute approximate surface area is 377 Å². The summed E-state index contributed by atoms with van der Waals surface area (Å²) in [6.07, 6.45) is 16.2. The maximum Gasteiger partial charge on any atom is 0.164 e. The SMILES string of the molecule is N#Cc1ccc2c(c1)c1cc(C#N)ccc1n2-c1c(C2=CC[C@@H](c3ccccc3)C=C2)cc(-c2nc(C3=CCCC=C3)nc(-c3ccccc3)n2)cc1-c1ccc(-c2ccccc2)cc1. The van der Waals surface area contributed by atoms with E-state index in [1.54, 1.807) is 0 Å². The Morgan fingerprint density at radius 2 is 1.05 bits per heavy atom. The average molecular weight is 833 g/mol. The average Bonchev–Trinajstić information content (AvgIpc) is 3.71. The van der Waals surface area contributed by atoms with E-state index in [2.05, 4.69) is 144 Å². The summed E-state index contributed by atoms with van der Waals surface area (Å²) in [5.41, 5.74) is 14.3. The van der Waals surface area contributed by atoms with E-state index in [0.29, 0.717) is 28.6 Å². The smallest absolute Gasteiger partial charge is 0.164 e. The number of aromatic nitrogens is 4. The van der Waals surface area contributed by atoms with Crippen LogP contribution in [0.25, 0.3) is 83.7 Å². The molecule has 2 aromatic heterocycles. The second kappa shape index (κ2) is 16.9. The lowest BCUT2D eigenvalue weighted by molar-refractivity contribution is 0.856. The summed E-state index contributed by atoms with van der Waals surface area (Å²) in [6.45, 7) is 0. The Hall–Kier alpha value is -8.71. The molecule has 6 heteroatoms. The maximum atomic E-state index is 10.1. The quantitative estimate of drug-likeness (QED) is 0.152. The van der Waals surface area contributed by atoms with E-state index in [1.165, 1.54) is 5.56 Å². The van der Waals surface area contributed by atoms with Crippen LogP contribution in [0.1, 0.15) is 53.3 Å². The zero-order chi connectivity index (χ0) is 43.7. The molecule has 1 atom stereocenters. The molecule has 306 valence electrons. The van der Waals surface area contributed by atoms with Crippen LogP contribution < -0.4 is 0 Å². The maximum absolute atomic E-state index is 10.1. The lowest BCUT2D eigenvalue weighted by Gasteiger charge is -2.24. The van der Waals surface area contributed by atoms with Gasteiger partial charge in [0.2, 0.25) is 0 Å². The second-order valence-corrected chi connectivity index (χ2v) is 16.5. The first-order chi connectivity index (χ1) is 32.1. The van der Waals surface area contributed by atoms with E-state index < -0.39 is 0 Å². The molecule has 0 bridgehead atoms. The van der Waals surface area contributed by atoms with Gasteiger partial charge in [-0.05, 0) is 95.6 Å².